The van der Waals surface area contributed by atoms with Gasteiger partial charge in [-0.2, -0.15) is 0 Å². The molecule has 8 heavy (non-hydrogen) atoms. The van der Waals surface area contributed by atoms with Crippen molar-refractivity contribution in [2.45, 2.75) is 12.8 Å². The Kier molecular flexibility index (Phi) is 3.76. The minimum absolute atomic E-state index is 0.105. The minimum atomic E-state index is -0.130. The molecule has 0 aliphatic rings. The van der Waals surface area contributed by atoms with E-state index in [4.69, 9.17) is 0 Å². The molecule has 2 heteroatoms. The van der Waals surface area contributed by atoms with Gasteiger partial charge in [-0.15, -0.1) is 6.58 Å². The molecule has 0 rings (SSSR count). The van der Waals surface area contributed by atoms with E-state index in [0.29, 0.717) is 0 Å². The largest absolute Gasteiger partial charge is 0.299 e. The Bertz CT molecular complexity index is 93.1. The molecule has 2 nitrogen and oxygen atoms in total. The summed E-state index contributed by atoms with van der Waals surface area (Å²) in [6.45, 7) is 3.33. The van der Waals surface area contributed by atoms with Gasteiger partial charge in [-0.25, -0.2) is 0 Å². The van der Waals surface area contributed by atoms with Gasteiger partial charge in [-0.3, -0.25) is 9.59 Å². The highest BCUT2D eigenvalue weighted by molar-refractivity contribution is 5.90. The number of hydrogen-bond acceptors (Lipinski definition) is 2. The maximum atomic E-state index is 10.3. The molecule has 0 saturated carbocycles. The summed E-state index contributed by atoms with van der Waals surface area (Å²) in [6, 6.07) is 0. The topological polar surface area (TPSA) is 34.1 Å². The van der Waals surface area contributed by atoms with Crippen LogP contribution in [0.15, 0.2) is 12.7 Å². The van der Waals surface area contributed by atoms with Gasteiger partial charge in [0.05, 0.1) is 6.42 Å². The van der Waals surface area contributed by atoms with Crippen molar-refractivity contribution in [2.75, 3.05) is 0 Å². The SMILES string of the molecule is C=CCC(=O)C[C]=O. The highest BCUT2D eigenvalue weighted by Gasteiger charge is 1.94. The van der Waals surface area contributed by atoms with Crippen molar-refractivity contribution in [2.24, 2.45) is 0 Å². The number of hydrogen-bond donors (Lipinski definition) is 0. The Balaban J connectivity index is 3.32. The van der Waals surface area contributed by atoms with Crippen molar-refractivity contribution in [1.82, 2.24) is 0 Å². The molecule has 0 aliphatic carbocycles. The van der Waals surface area contributed by atoms with Gasteiger partial charge in [0.2, 0.25) is 6.29 Å². The molecule has 0 aromatic rings. The van der Waals surface area contributed by atoms with Crippen molar-refractivity contribution < 1.29 is 9.59 Å². The lowest BCUT2D eigenvalue weighted by atomic mass is 10.2. The van der Waals surface area contributed by atoms with Crippen molar-refractivity contribution in [3.8, 4) is 0 Å². The standard InChI is InChI=1S/C6H7O2/c1-2-3-6(8)4-5-7/h2H,1,3-4H2. The first kappa shape index (κ1) is 7.08. The molecule has 0 amide bonds. The Labute approximate surface area is 48.2 Å². The molecule has 0 aromatic heterocycles. The van der Waals surface area contributed by atoms with Crippen LogP contribution in [0, 0.1) is 0 Å². The number of carbonyl (C=O) groups is 1. The summed E-state index contributed by atoms with van der Waals surface area (Å²) in [5, 5.41) is 0. The van der Waals surface area contributed by atoms with E-state index in [0.717, 1.165) is 0 Å². The van der Waals surface area contributed by atoms with E-state index in [2.05, 4.69) is 6.58 Å². The normalized spacial score (nSPS) is 8.00. The third-order valence-electron chi connectivity index (χ3n) is 0.641. The summed E-state index contributed by atoms with van der Waals surface area (Å²) < 4.78 is 0. The number of Topliss-reactive ketones (excluding diaryl/α,β-unsaturated/α-hetero) is 1. The fraction of sp³-hybridized carbons (Fsp3) is 0.333. The Hall–Kier alpha value is -0.920. The van der Waals surface area contributed by atoms with Crippen LogP contribution < -0.4 is 0 Å². The minimum Gasteiger partial charge on any atom is -0.299 e. The number of allylic oxidation sites excluding steroid dienone is 1. The van der Waals surface area contributed by atoms with Gasteiger partial charge >= 0.3 is 0 Å². The van der Waals surface area contributed by atoms with Gasteiger partial charge in [0.25, 0.3) is 0 Å². The molecule has 1 radical (unpaired) electrons. The molecule has 0 heterocycles. The molecule has 0 aliphatic heterocycles. The number of rotatable bonds is 4. The summed E-state index contributed by atoms with van der Waals surface area (Å²) >= 11 is 0. The van der Waals surface area contributed by atoms with Gasteiger partial charge in [0, 0.05) is 6.42 Å². The van der Waals surface area contributed by atoms with Crippen molar-refractivity contribution in [3.63, 3.8) is 0 Å². The quantitative estimate of drug-likeness (QED) is 0.394. The van der Waals surface area contributed by atoms with E-state index in [1.807, 2.05) is 0 Å². The van der Waals surface area contributed by atoms with Crippen molar-refractivity contribution in [3.05, 3.63) is 12.7 Å². The molecule has 0 aromatic carbocycles. The first-order chi connectivity index (χ1) is 3.81. The Morgan fingerprint density at radius 3 is 2.75 bits per heavy atom. The predicted octanol–water partition coefficient (Wildman–Crippen LogP) is 0.631. The molecule has 0 saturated heterocycles. The van der Waals surface area contributed by atoms with Crippen molar-refractivity contribution in [1.29, 1.82) is 0 Å². The van der Waals surface area contributed by atoms with Crippen LogP contribution in [0.3, 0.4) is 0 Å². The maximum Gasteiger partial charge on any atom is 0.206 e. The summed E-state index contributed by atoms with van der Waals surface area (Å²) in [5.41, 5.74) is 0. The molecule has 0 fully saturated rings. The molecular formula is C6H7O2. The van der Waals surface area contributed by atoms with Crippen LogP contribution in [-0.4, -0.2) is 12.1 Å². The van der Waals surface area contributed by atoms with Gasteiger partial charge in [0.15, 0.2) is 0 Å². The van der Waals surface area contributed by atoms with Crippen LogP contribution in [0.5, 0.6) is 0 Å². The van der Waals surface area contributed by atoms with Crippen LogP contribution in [0.1, 0.15) is 12.8 Å². The van der Waals surface area contributed by atoms with Crippen molar-refractivity contribution >= 4 is 12.1 Å². The second-order valence-corrected chi connectivity index (χ2v) is 1.35. The maximum absolute atomic E-state index is 10.3. The second kappa shape index (κ2) is 4.24. The fourth-order valence-electron chi connectivity index (χ4n) is 0.314. The van der Waals surface area contributed by atoms with E-state index in [-0.39, 0.29) is 18.6 Å². The van der Waals surface area contributed by atoms with Gasteiger partial charge in [-0.05, 0) is 0 Å². The molecule has 0 spiro atoms. The van der Waals surface area contributed by atoms with Gasteiger partial charge < -0.3 is 0 Å². The fourth-order valence-corrected chi connectivity index (χ4v) is 0.314. The zero-order valence-electron chi connectivity index (χ0n) is 4.52. The van der Waals surface area contributed by atoms with Crippen LogP contribution in [0.2, 0.25) is 0 Å². The van der Waals surface area contributed by atoms with Gasteiger partial charge in [0.1, 0.15) is 5.78 Å². The van der Waals surface area contributed by atoms with Gasteiger partial charge in [-0.1, -0.05) is 6.08 Å². The average Bonchev–Trinajstić information content (AvgIpc) is 1.68. The lowest BCUT2D eigenvalue weighted by Crippen LogP contribution is -1.94. The Morgan fingerprint density at radius 1 is 1.75 bits per heavy atom. The third-order valence-corrected chi connectivity index (χ3v) is 0.641. The second-order valence-electron chi connectivity index (χ2n) is 1.35. The highest BCUT2D eigenvalue weighted by Crippen LogP contribution is 1.85. The molecule has 0 N–H and O–H groups in total. The zero-order chi connectivity index (χ0) is 6.41. The summed E-state index contributed by atoms with van der Waals surface area (Å²) in [5.74, 6) is -0.130. The van der Waals surface area contributed by atoms with Crippen LogP contribution in [0.25, 0.3) is 0 Å². The van der Waals surface area contributed by atoms with Crippen LogP contribution >= 0.6 is 0 Å². The monoisotopic (exact) mass is 111 g/mol. The highest BCUT2D eigenvalue weighted by atomic mass is 16.1. The van der Waals surface area contributed by atoms with E-state index < -0.39 is 0 Å². The summed E-state index contributed by atoms with van der Waals surface area (Å²) in [7, 11) is 0. The van der Waals surface area contributed by atoms with Crippen LogP contribution in [-0.2, 0) is 9.59 Å². The molecule has 43 valence electrons. The molecule has 0 unspecified atom stereocenters. The molecule has 0 bridgehead atoms. The third kappa shape index (κ3) is 3.28. The average molecular weight is 111 g/mol. The first-order valence-electron chi connectivity index (χ1n) is 2.29. The van der Waals surface area contributed by atoms with E-state index in [1.165, 1.54) is 12.4 Å². The van der Waals surface area contributed by atoms with Crippen LogP contribution in [0.4, 0.5) is 0 Å². The van der Waals surface area contributed by atoms with E-state index >= 15 is 0 Å². The zero-order valence-corrected chi connectivity index (χ0v) is 4.52. The summed E-state index contributed by atoms with van der Waals surface area (Å²) in [4.78, 5) is 19.8. The predicted molar refractivity (Wildman–Crippen MR) is 30.1 cm³/mol. The molecular weight excluding hydrogens is 104 g/mol. The first-order valence-corrected chi connectivity index (χ1v) is 2.29. The lowest BCUT2D eigenvalue weighted by Gasteiger charge is -1.82. The molecule has 0 atom stereocenters. The van der Waals surface area contributed by atoms with E-state index in [9.17, 15) is 9.59 Å². The Morgan fingerprint density at radius 2 is 2.38 bits per heavy atom. The number of carbonyl (C=O) groups excluding carboxylic acids is 2. The smallest absolute Gasteiger partial charge is 0.206 e. The lowest BCUT2D eigenvalue weighted by molar-refractivity contribution is -0.117. The van der Waals surface area contributed by atoms with E-state index in [1.54, 1.807) is 0 Å². The summed E-state index contributed by atoms with van der Waals surface area (Å²) in [6.07, 6.45) is 3.14. The number of ketones is 1.